The molecule has 1 N–H and O–H groups in total. The number of thiophene rings is 1. The minimum Gasteiger partial charge on any atom is -0.496 e. The summed E-state index contributed by atoms with van der Waals surface area (Å²) in [7, 11) is 1.72. The Hall–Kier alpha value is -2.60. The van der Waals surface area contributed by atoms with Gasteiger partial charge < -0.3 is 10.1 Å². The zero-order chi connectivity index (χ0) is 20.0. The van der Waals surface area contributed by atoms with E-state index in [1.54, 1.807) is 18.4 Å². The average molecular weight is 407 g/mol. The maximum Gasteiger partial charge on any atom is 0.154 e. The number of methoxy groups -OCH3 is 1. The summed E-state index contributed by atoms with van der Waals surface area (Å²) in [6.07, 6.45) is 6.94. The van der Waals surface area contributed by atoms with Crippen LogP contribution in [-0.2, 0) is 0 Å². The molecule has 3 heterocycles. The molecule has 6 heteroatoms. The van der Waals surface area contributed by atoms with Gasteiger partial charge in [0.15, 0.2) is 5.65 Å². The summed E-state index contributed by atoms with van der Waals surface area (Å²) in [5.41, 5.74) is 3.04. The van der Waals surface area contributed by atoms with Crippen LogP contribution in [0.5, 0.6) is 5.75 Å². The molecule has 0 bridgehead atoms. The largest absolute Gasteiger partial charge is 0.496 e. The lowest BCUT2D eigenvalue weighted by atomic mass is 9.87. The first-order valence-electron chi connectivity index (χ1n) is 10.3. The highest BCUT2D eigenvalue weighted by atomic mass is 32.1. The predicted molar refractivity (Wildman–Crippen MR) is 120 cm³/mol. The van der Waals surface area contributed by atoms with Crippen molar-refractivity contribution < 1.29 is 4.74 Å². The van der Waals surface area contributed by atoms with Crippen molar-refractivity contribution in [2.45, 2.75) is 45.6 Å². The SMILES string of the molecule is COc1cc2sc(-c3cnc4ccc(N[C@H]5CC[C@H](C)CC5)nn34)cc2cc1C. The van der Waals surface area contributed by atoms with Crippen LogP contribution in [0.25, 0.3) is 26.3 Å². The molecule has 0 atom stereocenters. The number of hydrogen-bond acceptors (Lipinski definition) is 5. The van der Waals surface area contributed by atoms with Gasteiger partial charge in [-0.05, 0) is 79.8 Å². The van der Waals surface area contributed by atoms with Gasteiger partial charge in [0.1, 0.15) is 17.3 Å². The van der Waals surface area contributed by atoms with Crippen LogP contribution in [0.1, 0.15) is 38.2 Å². The normalized spacial score (nSPS) is 19.7. The highest BCUT2D eigenvalue weighted by Crippen LogP contribution is 2.37. The first-order chi connectivity index (χ1) is 14.1. The minimum atomic E-state index is 0.517. The number of hydrogen-bond donors (Lipinski definition) is 1. The molecule has 150 valence electrons. The Morgan fingerprint density at radius 3 is 2.76 bits per heavy atom. The maximum absolute atomic E-state index is 5.49. The summed E-state index contributed by atoms with van der Waals surface area (Å²) in [5, 5.41) is 9.74. The molecule has 1 aliphatic carbocycles. The number of nitrogens with one attached hydrogen (secondary N) is 1. The van der Waals surface area contributed by atoms with E-state index >= 15 is 0 Å². The molecule has 0 spiro atoms. The Balaban J connectivity index is 1.49. The minimum absolute atomic E-state index is 0.517. The Bertz CT molecular complexity index is 1170. The zero-order valence-corrected chi connectivity index (χ0v) is 17.9. The van der Waals surface area contributed by atoms with Crippen molar-refractivity contribution in [3.05, 3.63) is 42.1 Å². The Labute approximate surface area is 174 Å². The highest BCUT2D eigenvalue weighted by molar-refractivity contribution is 7.22. The molecule has 0 radical (unpaired) electrons. The molecule has 1 fully saturated rings. The topological polar surface area (TPSA) is 51.5 Å². The molecular formula is C23H26N4OS. The van der Waals surface area contributed by atoms with Gasteiger partial charge in [0.05, 0.1) is 18.2 Å². The number of fused-ring (bicyclic) bond motifs is 2. The summed E-state index contributed by atoms with van der Waals surface area (Å²) in [5.74, 6) is 2.70. The van der Waals surface area contributed by atoms with Crippen molar-refractivity contribution in [2.24, 2.45) is 5.92 Å². The lowest BCUT2D eigenvalue weighted by Gasteiger charge is -2.27. The first-order valence-corrected chi connectivity index (χ1v) is 11.1. The predicted octanol–water partition coefficient (Wildman–Crippen LogP) is 5.92. The number of imidazole rings is 1. The van der Waals surface area contributed by atoms with E-state index in [2.05, 4.69) is 42.3 Å². The second-order valence-corrected chi connectivity index (χ2v) is 9.29. The molecule has 1 saturated carbocycles. The lowest BCUT2D eigenvalue weighted by Crippen LogP contribution is -2.25. The van der Waals surface area contributed by atoms with Crippen LogP contribution in [0.4, 0.5) is 5.82 Å². The quantitative estimate of drug-likeness (QED) is 0.457. The van der Waals surface area contributed by atoms with Crippen molar-refractivity contribution in [1.82, 2.24) is 14.6 Å². The van der Waals surface area contributed by atoms with E-state index in [4.69, 9.17) is 9.84 Å². The second-order valence-electron chi connectivity index (χ2n) is 8.20. The standard InChI is InChI=1S/C23H26N4OS/c1-14-4-6-17(7-5-14)25-22-8-9-23-24-13-18(27(23)26-22)21-11-16-10-15(2)19(28-3)12-20(16)29-21/h8-14,17H,4-7H2,1-3H3,(H,25,26)/t14-,17-. The molecule has 0 unspecified atom stereocenters. The van der Waals surface area contributed by atoms with Crippen molar-refractivity contribution in [2.75, 3.05) is 12.4 Å². The molecule has 0 saturated heterocycles. The van der Waals surface area contributed by atoms with E-state index in [0.29, 0.717) is 6.04 Å². The molecule has 1 aliphatic rings. The molecule has 4 aromatic rings. The van der Waals surface area contributed by atoms with Crippen LogP contribution in [0.3, 0.4) is 0 Å². The van der Waals surface area contributed by atoms with Crippen LogP contribution in [-0.4, -0.2) is 27.7 Å². The smallest absolute Gasteiger partial charge is 0.154 e. The lowest BCUT2D eigenvalue weighted by molar-refractivity contribution is 0.360. The number of ether oxygens (including phenoxy) is 1. The van der Waals surface area contributed by atoms with Crippen LogP contribution < -0.4 is 10.1 Å². The second kappa shape index (κ2) is 7.34. The maximum atomic E-state index is 5.49. The summed E-state index contributed by atoms with van der Waals surface area (Å²) < 4.78 is 8.66. The van der Waals surface area contributed by atoms with Crippen LogP contribution in [0.2, 0.25) is 0 Å². The van der Waals surface area contributed by atoms with Crippen molar-refractivity contribution >= 4 is 32.9 Å². The number of nitrogens with zero attached hydrogens (tertiary/aromatic N) is 3. The summed E-state index contributed by atoms with van der Waals surface area (Å²) in [6, 6.07) is 11.1. The van der Waals surface area contributed by atoms with Crippen LogP contribution >= 0.6 is 11.3 Å². The average Bonchev–Trinajstić information content (AvgIpc) is 3.32. The van der Waals surface area contributed by atoms with E-state index in [0.717, 1.165) is 39.3 Å². The zero-order valence-electron chi connectivity index (χ0n) is 17.1. The van der Waals surface area contributed by atoms with Crippen LogP contribution in [0.15, 0.2) is 36.5 Å². The van der Waals surface area contributed by atoms with Gasteiger partial charge in [-0.3, -0.25) is 0 Å². The van der Waals surface area contributed by atoms with Gasteiger partial charge in [-0.25, -0.2) is 9.50 Å². The summed E-state index contributed by atoms with van der Waals surface area (Å²) >= 11 is 1.75. The van der Waals surface area contributed by atoms with E-state index in [1.165, 1.54) is 35.8 Å². The fourth-order valence-electron chi connectivity index (χ4n) is 4.26. The fraction of sp³-hybridized carbons (Fsp3) is 0.391. The van der Waals surface area contributed by atoms with Gasteiger partial charge in [0, 0.05) is 10.7 Å². The summed E-state index contributed by atoms with van der Waals surface area (Å²) in [4.78, 5) is 5.73. The number of aromatic nitrogens is 3. The van der Waals surface area contributed by atoms with Gasteiger partial charge in [-0.1, -0.05) is 6.92 Å². The van der Waals surface area contributed by atoms with Gasteiger partial charge in [-0.2, -0.15) is 0 Å². The number of aryl methyl sites for hydroxylation is 1. The third kappa shape index (κ3) is 3.46. The summed E-state index contributed by atoms with van der Waals surface area (Å²) in [6.45, 7) is 4.43. The third-order valence-electron chi connectivity index (χ3n) is 6.02. The fourth-order valence-corrected chi connectivity index (χ4v) is 5.33. The molecule has 1 aromatic carbocycles. The third-order valence-corrected chi connectivity index (χ3v) is 7.14. The monoisotopic (exact) mass is 406 g/mol. The van der Waals surface area contributed by atoms with E-state index in [-0.39, 0.29) is 0 Å². The first kappa shape index (κ1) is 18.4. The van der Waals surface area contributed by atoms with E-state index in [1.807, 2.05) is 22.8 Å². The molecule has 5 nitrogen and oxygen atoms in total. The van der Waals surface area contributed by atoms with Gasteiger partial charge in [0.2, 0.25) is 0 Å². The molecule has 29 heavy (non-hydrogen) atoms. The van der Waals surface area contributed by atoms with Crippen molar-refractivity contribution in [3.63, 3.8) is 0 Å². The Kier molecular flexibility index (Phi) is 4.66. The Morgan fingerprint density at radius 2 is 1.97 bits per heavy atom. The van der Waals surface area contributed by atoms with Gasteiger partial charge in [-0.15, -0.1) is 16.4 Å². The van der Waals surface area contributed by atoms with Crippen molar-refractivity contribution in [1.29, 1.82) is 0 Å². The van der Waals surface area contributed by atoms with E-state index in [9.17, 15) is 0 Å². The number of rotatable bonds is 4. The molecule has 0 amide bonds. The van der Waals surface area contributed by atoms with E-state index < -0.39 is 0 Å². The molecular weight excluding hydrogens is 380 g/mol. The molecule has 3 aromatic heterocycles. The highest BCUT2D eigenvalue weighted by Gasteiger charge is 2.19. The van der Waals surface area contributed by atoms with Gasteiger partial charge in [0.25, 0.3) is 0 Å². The number of benzene rings is 1. The van der Waals surface area contributed by atoms with Crippen LogP contribution in [0, 0.1) is 12.8 Å². The molecule has 5 rings (SSSR count). The molecule has 0 aliphatic heterocycles. The number of anilines is 1. The van der Waals surface area contributed by atoms with Gasteiger partial charge >= 0.3 is 0 Å². The Morgan fingerprint density at radius 1 is 1.14 bits per heavy atom. The van der Waals surface area contributed by atoms with Crippen molar-refractivity contribution in [3.8, 4) is 16.3 Å².